The molecule has 0 aliphatic heterocycles. The van der Waals surface area contributed by atoms with Crippen LogP contribution in [0.4, 0.5) is 0 Å². The van der Waals surface area contributed by atoms with Crippen molar-refractivity contribution in [1.82, 2.24) is 0 Å². The maximum Gasteiger partial charge on any atom is 0 e. The zero-order valence-corrected chi connectivity index (χ0v) is 7.42. The Balaban J connectivity index is -0.0000000150. The smallest absolute Gasteiger partial charge is 0 e. The van der Waals surface area contributed by atoms with Crippen LogP contribution in [0.1, 0.15) is 23.6 Å². The van der Waals surface area contributed by atoms with Gasteiger partial charge in [-0.2, -0.15) is 0 Å². The van der Waals surface area contributed by atoms with Gasteiger partial charge >= 0.3 is 0 Å². The predicted octanol–water partition coefficient (Wildman–Crippen LogP) is 1.73. The molecule has 34 valence electrons. The van der Waals surface area contributed by atoms with Crippen LogP contribution in [-0.4, -0.2) is 26.2 Å². The third kappa shape index (κ3) is 52.0. The van der Waals surface area contributed by atoms with E-state index in [0.717, 1.165) is 0 Å². The molecule has 0 aromatic rings. The quantitative estimate of drug-likeness (QED) is 0.588. The minimum Gasteiger partial charge on any atom is -0.0597 e. The van der Waals surface area contributed by atoms with Gasteiger partial charge in [0.15, 0.2) is 0 Å². The third-order valence-corrected chi connectivity index (χ3v) is 0. The van der Waals surface area contributed by atoms with Crippen molar-refractivity contribution in [2.45, 2.75) is 20.8 Å². The molecular formula is C4H13Bi. The molecule has 0 rings (SSSR count). The molecule has 0 fully saturated rings. The second-order valence-corrected chi connectivity index (χ2v) is 1.50. The molecule has 0 atom stereocenters. The molecule has 0 unspecified atom stereocenters. The van der Waals surface area contributed by atoms with E-state index in [2.05, 4.69) is 20.8 Å². The fourth-order valence-electron chi connectivity index (χ4n) is 0. The van der Waals surface area contributed by atoms with Gasteiger partial charge in [0.2, 0.25) is 0 Å². The second-order valence-electron chi connectivity index (χ2n) is 1.50. The Morgan fingerprint density at radius 2 is 1.20 bits per heavy atom. The predicted molar refractivity (Wildman–Crippen MR) is 30.2 cm³/mol. The van der Waals surface area contributed by atoms with Gasteiger partial charge in [-0.05, 0) is 5.92 Å². The van der Waals surface area contributed by atoms with Crippen LogP contribution in [0, 0.1) is 5.92 Å². The van der Waals surface area contributed by atoms with Gasteiger partial charge in [0, 0.05) is 29.1 Å². The average Bonchev–Trinajstić information content (AvgIpc) is 0.811. The monoisotopic (exact) mass is 270 g/mol. The Hall–Kier alpha value is 0.883. The van der Waals surface area contributed by atoms with Gasteiger partial charge in [0.1, 0.15) is 0 Å². The number of hydrogen-bond acceptors (Lipinski definition) is 0. The molecule has 0 N–H and O–H groups in total. The topological polar surface area (TPSA) is 0 Å². The summed E-state index contributed by atoms with van der Waals surface area (Å²) in [4.78, 5) is 0. The van der Waals surface area contributed by atoms with Crippen molar-refractivity contribution >= 4 is 26.2 Å². The van der Waals surface area contributed by atoms with Gasteiger partial charge in [0.25, 0.3) is 0 Å². The minimum atomic E-state index is 0. The van der Waals surface area contributed by atoms with Crippen LogP contribution in [0.2, 0.25) is 0 Å². The molecule has 0 saturated carbocycles. The first-order valence-corrected chi connectivity index (χ1v) is 1.50. The van der Waals surface area contributed by atoms with E-state index in [4.69, 9.17) is 0 Å². The molecular weight excluding hydrogens is 257 g/mol. The first-order valence-electron chi connectivity index (χ1n) is 1.50. The molecule has 0 amide bonds. The summed E-state index contributed by atoms with van der Waals surface area (Å²) in [6.07, 6.45) is 0. The van der Waals surface area contributed by atoms with Gasteiger partial charge in [-0.1, -0.05) is 20.8 Å². The number of rotatable bonds is 0. The van der Waals surface area contributed by atoms with E-state index in [0.29, 0.717) is 0 Å². The SMILES string of the molecule is C[C](C)C.[Bi].[HH].[HH]. The van der Waals surface area contributed by atoms with Crippen molar-refractivity contribution in [3.05, 3.63) is 5.92 Å². The van der Waals surface area contributed by atoms with Crippen LogP contribution < -0.4 is 0 Å². The summed E-state index contributed by atoms with van der Waals surface area (Å²) in [6.45, 7) is 6.25. The van der Waals surface area contributed by atoms with Crippen molar-refractivity contribution in [2.75, 3.05) is 0 Å². The average molecular weight is 270 g/mol. The molecule has 0 aliphatic rings. The molecule has 0 aromatic heterocycles. The molecule has 0 spiro atoms. The summed E-state index contributed by atoms with van der Waals surface area (Å²) < 4.78 is 0. The Labute approximate surface area is 56.1 Å². The van der Waals surface area contributed by atoms with E-state index >= 15 is 0 Å². The largest absolute Gasteiger partial charge is 0.0597 e. The van der Waals surface area contributed by atoms with Gasteiger partial charge in [-0.3, -0.25) is 0 Å². The van der Waals surface area contributed by atoms with E-state index in [1.54, 1.807) is 0 Å². The molecule has 0 saturated heterocycles. The van der Waals surface area contributed by atoms with Crippen molar-refractivity contribution in [2.24, 2.45) is 0 Å². The molecule has 0 aliphatic carbocycles. The Kier molecular flexibility index (Phi) is 9.09. The van der Waals surface area contributed by atoms with E-state index in [-0.39, 0.29) is 29.1 Å². The Morgan fingerprint density at radius 1 is 1.20 bits per heavy atom. The minimum absolute atomic E-state index is 0. The van der Waals surface area contributed by atoms with E-state index in [9.17, 15) is 0 Å². The summed E-state index contributed by atoms with van der Waals surface area (Å²) in [5.41, 5.74) is 0. The van der Waals surface area contributed by atoms with E-state index in [1.807, 2.05) is 0 Å². The fourth-order valence-corrected chi connectivity index (χ4v) is 0. The maximum atomic E-state index is 2.08. The normalized spacial score (nSPS) is 7.20. The molecule has 0 heterocycles. The first kappa shape index (κ1) is 9.30. The van der Waals surface area contributed by atoms with Crippen LogP contribution in [0.25, 0.3) is 0 Å². The van der Waals surface area contributed by atoms with Crippen LogP contribution in [0.5, 0.6) is 0 Å². The molecule has 4 radical (unpaired) electrons. The third-order valence-electron chi connectivity index (χ3n) is 0. The molecule has 0 bridgehead atoms. The van der Waals surface area contributed by atoms with Gasteiger partial charge in [-0.15, -0.1) is 0 Å². The molecule has 1 heteroatoms. The van der Waals surface area contributed by atoms with Gasteiger partial charge in [0.05, 0.1) is 0 Å². The van der Waals surface area contributed by atoms with Crippen molar-refractivity contribution in [3.8, 4) is 0 Å². The zero-order chi connectivity index (χ0) is 3.58. The zero-order valence-electron chi connectivity index (χ0n) is 3.95. The Bertz CT molecular complexity index is 14.4. The summed E-state index contributed by atoms with van der Waals surface area (Å²) in [5, 5.41) is 0. The summed E-state index contributed by atoms with van der Waals surface area (Å²) in [5.74, 6) is 1.42. The van der Waals surface area contributed by atoms with Crippen LogP contribution in [0.3, 0.4) is 0 Å². The molecule has 0 aromatic carbocycles. The van der Waals surface area contributed by atoms with Crippen molar-refractivity contribution < 1.29 is 2.85 Å². The van der Waals surface area contributed by atoms with Crippen LogP contribution in [0.15, 0.2) is 0 Å². The van der Waals surface area contributed by atoms with Gasteiger partial charge < -0.3 is 0 Å². The first-order chi connectivity index (χ1) is 1.73. The van der Waals surface area contributed by atoms with E-state index in [1.165, 1.54) is 5.92 Å². The summed E-state index contributed by atoms with van der Waals surface area (Å²) in [7, 11) is 0. The van der Waals surface area contributed by atoms with E-state index < -0.39 is 0 Å². The standard InChI is InChI=1S/C4H9.Bi.2H2/c1-4(2)3;;;/h1-3H3;;2*1H. The maximum absolute atomic E-state index is 2.08. The van der Waals surface area contributed by atoms with Crippen molar-refractivity contribution in [1.29, 1.82) is 0 Å². The van der Waals surface area contributed by atoms with Crippen LogP contribution >= 0.6 is 0 Å². The summed E-state index contributed by atoms with van der Waals surface area (Å²) in [6, 6.07) is 0. The van der Waals surface area contributed by atoms with Gasteiger partial charge in [-0.25, -0.2) is 0 Å². The molecule has 5 heavy (non-hydrogen) atoms. The number of hydrogen-bond donors (Lipinski definition) is 0. The van der Waals surface area contributed by atoms with Crippen LogP contribution in [-0.2, 0) is 0 Å². The Morgan fingerprint density at radius 3 is 1.20 bits per heavy atom. The second kappa shape index (κ2) is 4.88. The summed E-state index contributed by atoms with van der Waals surface area (Å²) >= 11 is 0. The molecule has 0 nitrogen and oxygen atoms in total. The van der Waals surface area contributed by atoms with Crippen molar-refractivity contribution in [3.63, 3.8) is 0 Å². The fraction of sp³-hybridized carbons (Fsp3) is 0.750.